The van der Waals surface area contributed by atoms with Crippen LogP contribution in [0.4, 0.5) is 24.7 Å². The summed E-state index contributed by atoms with van der Waals surface area (Å²) in [6.07, 6.45) is 5.44. The van der Waals surface area contributed by atoms with Crippen LogP contribution < -0.4 is 15.8 Å². The van der Waals surface area contributed by atoms with E-state index in [9.17, 15) is 12.8 Å². The van der Waals surface area contributed by atoms with Crippen LogP contribution in [0.15, 0.2) is 47.5 Å². The number of aromatic nitrogens is 3. The third-order valence-electron chi connectivity index (χ3n) is 8.49. The van der Waals surface area contributed by atoms with Gasteiger partial charge in [0.1, 0.15) is 33.9 Å². The summed E-state index contributed by atoms with van der Waals surface area (Å²) < 4.78 is 80.0. The van der Waals surface area contributed by atoms with Crippen molar-refractivity contribution in [2.45, 2.75) is 81.9 Å². The molecule has 1 saturated carbocycles. The smallest absolute Gasteiger partial charge is 0.264 e. The number of pyridine rings is 1. The van der Waals surface area contributed by atoms with Crippen LogP contribution in [-0.4, -0.2) is 48.5 Å². The summed E-state index contributed by atoms with van der Waals surface area (Å²) >= 11 is 0. The third-order valence-corrected chi connectivity index (χ3v) is 9.89. The fourth-order valence-electron chi connectivity index (χ4n) is 5.82. The van der Waals surface area contributed by atoms with E-state index in [0.717, 1.165) is 62.1 Å². The van der Waals surface area contributed by atoms with Crippen molar-refractivity contribution in [2.24, 2.45) is 0 Å². The lowest BCUT2D eigenvalue weighted by Gasteiger charge is -2.32. The zero-order valence-electron chi connectivity index (χ0n) is 26.0. The summed E-state index contributed by atoms with van der Waals surface area (Å²) in [5, 5.41) is 8.71. The van der Waals surface area contributed by atoms with Crippen LogP contribution in [-0.2, 0) is 14.8 Å². The van der Waals surface area contributed by atoms with E-state index in [1.54, 1.807) is 18.0 Å². The first kappa shape index (κ1) is 32.7. The fraction of sp³-hybridized carbons (Fsp3) is 0.438. The van der Waals surface area contributed by atoms with Gasteiger partial charge in [-0.15, -0.1) is 0 Å². The first-order chi connectivity index (χ1) is 21.2. The Morgan fingerprint density at radius 3 is 2.40 bits per heavy atom. The molecule has 9 nitrogen and oxygen atoms in total. The van der Waals surface area contributed by atoms with E-state index in [-0.39, 0.29) is 34.6 Å². The SMILES string of the molecule is COC(C)(C)CNC1CCC(c2cnc(N)c3c(-c4cc(F)c(NS(=O)(=O)c5ccccc5F)cc4F)nn(C(C)C)c23)CC1. The average Bonchev–Trinajstić information content (AvgIpc) is 3.40. The summed E-state index contributed by atoms with van der Waals surface area (Å²) in [5.74, 6) is -2.74. The Bertz CT molecular complexity index is 1820. The maximum absolute atomic E-state index is 15.7. The molecule has 0 atom stereocenters. The molecule has 0 unspecified atom stereocenters. The molecule has 242 valence electrons. The third kappa shape index (κ3) is 6.66. The minimum atomic E-state index is -4.54. The number of fused-ring (bicyclic) bond motifs is 1. The number of rotatable bonds is 10. The van der Waals surface area contributed by atoms with Gasteiger partial charge in [0.05, 0.1) is 22.2 Å². The standard InChI is InChI=1S/C32H39F3N6O3S/c1-18(2)41-30-22(19-10-12-20(13-11-19)38-17-32(3,4)44-5)16-37-31(36)28(30)29(39-41)21-14-25(35)26(15-24(21)34)40-45(42,43)27-9-7-6-8-23(27)33/h6-9,14-16,18-20,38,40H,10-13,17H2,1-5H3,(H2,36,37). The molecule has 2 aromatic heterocycles. The van der Waals surface area contributed by atoms with Gasteiger partial charge in [-0.2, -0.15) is 5.10 Å². The second kappa shape index (κ2) is 12.6. The Kier molecular flexibility index (Phi) is 9.16. The van der Waals surface area contributed by atoms with Gasteiger partial charge < -0.3 is 15.8 Å². The Morgan fingerprint density at radius 2 is 1.76 bits per heavy atom. The maximum atomic E-state index is 15.7. The van der Waals surface area contributed by atoms with Gasteiger partial charge in [-0.3, -0.25) is 9.40 Å². The van der Waals surface area contributed by atoms with Crippen LogP contribution in [0.1, 0.15) is 70.9 Å². The number of nitrogens with two attached hydrogens (primary N) is 1. The Labute approximate surface area is 261 Å². The van der Waals surface area contributed by atoms with E-state index in [0.29, 0.717) is 16.9 Å². The first-order valence-electron chi connectivity index (χ1n) is 14.9. The van der Waals surface area contributed by atoms with Crippen molar-refractivity contribution >= 4 is 32.4 Å². The minimum absolute atomic E-state index is 0.0996. The van der Waals surface area contributed by atoms with Crippen molar-refractivity contribution < 1.29 is 26.3 Å². The fourth-order valence-corrected chi connectivity index (χ4v) is 6.96. The second-order valence-corrected chi connectivity index (χ2v) is 14.1. The Morgan fingerprint density at radius 1 is 1.07 bits per heavy atom. The van der Waals surface area contributed by atoms with Crippen molar-refractivity contribution in [1.82, 2.24) is 20.1 Å². The van der Waals surface area contributed by atoms with Gasteiger partial charge in [0.2, 0.25) is 0 Å². The van der Waals surface area contributed by atoms with Crippen LogP contribution in [0.25, 0.3) is 22.2 Å². The van der Waals surface area contributed by atoms with Gasteiger partial charge in [0.25, 0.3) is 10.0 Å². The van der Waals surface area contributed by atoms with Crippen molar-refractivity contribution in [3.05, 3.63) is 65.6 Å². The average molecular weight is 645 g/mol. The topological polar surface area (TPSA) is 124 Å². The molecule has 0 amide bonds. The number of nitrogens with zero attached hydrogens (tertiary/aromatic N) is 3. The summed E-state index contributed by atoms with van der Waals surface area (Å²) in [5.41, 5.74) is 7.00. The largest absolute Gasteiger partial charge is 0.383 e. The normalized spacial score (nSPS) is 17.7. The molecule has 1 aliphatic carbocycles. The second-order valence-electron chi connectivity index (χ2n) is 12.5. The molecule has 13 heteroatoms. The maximum Gasteiger partial charge on any atom is 0.264 e. The summed E-state index contributed by atoms with van der Waals surface area (Å²) in [4.78, 5) is 3.76. The van der Waals surface area contributed by atoms with Crippen molar-refractivity contribution in [3.63, 3.8) is 0 Å². The number of hydrogen-bond donors (Lipinski definition) is 3. The molecular formula is C32H39F3N6O3S. The predicted octanol–water partition coefficient (Wildman–Crippen LogP) is 6.52. The number of methoxy groups -OCH3 is 1. The predicted molar refractivity (Wildman–Crippen MR) is 169 cm³/mol. The molecule has 0 radical (unpaired) electrons. The minimum Gasteiger partial charge on any atom is -0.383 e. The van der Waals surface area contributed by atoms with Crippen LogP contribution in [0.5, 0.6) is 0 Å². The Hall–Kier alpha value is -3.68. The molecule has 4 N–H and O–H groups in total. The highest BCUT2D eigenvalue weighted by molar-refractivity contribution is 7.92. The molecule has 45 heavy (non-hydrogen) atoms. The van der Waals surface area contributed by atoms with Gasteiger partial charge in [-0.05, 0) is 83.1 Å². The van der Waals surface area contributed by atoms with Crippen LogP contribution in [0, 0.1) is 17.5 Å². The quantitative estimate of drug-likeness (QED) is 0.180. The number of halogens is 3. The van der Waals surface area contributed by atoms with E-state index in [1.807, 2.05) is 32.4 Å². The van der Waals surface area contributed by atoms with Gasteiger partial charge in [0, 0.05) is 43.6 Å². The van der Waals surface area contributed by atoms with Crippen molar-refractivity contribution in [1.29, 1.82) is 0 Å². The molecule has 4 aromatic rings. The lowest BCUT2D eigenvalue weighted by atomic mass is 9.81. The molecule has 0 bridgehead atoms. The number of ether oxygens (including phenoxy) is 1. The highest BCUT2D eigenvalue weighted by atomic mass is 32.2. The van der Waals surface area contributed by atoms with Crippen LogP contribution in [0.2, 0.25) is 0 Å². The molecular weight excluding hydrogens is 605 g/mol. The number of hydrogen-bond acceptors (Lipinski definition) is 7. The molecule has 1 fully saturated rings. The lowest BCUT2D eigenvalue weighted by molar-refractivity contribution is 0.0199. The highest BCUT2D eigenvalue weighted by Gasteiger charge is 2.30. The number of nitrogen functional groups attached to an aromatic ring is 1. The molecule has 2 heterocycles. The Balaban J connectivity index is 1.49. The zero-order chi connectivity index (χ0) is 32.7. The van der Waals surface area contributed by atoms with E-state index < -0.39 is 38.1 Å². The summed E-state index contributed by atoms with van der Waals surface area (Å²) in [6, 6.07) is 6.44. The monoisotopic (exact) mass is 644 g/mol. The van der Waals surface area contributed by atoms with E-state index in [1.165, 1.54) is 12.1 Å². The van der Waals surface area contributed by atoms with E-state index >= 15 is 8.78 Å². The molecule has 0 saturated heterocycles. The zero-order valence-corrected chi connectivity index (χ0v) is 26.8. The molecule has 0 aliphatic heterocycles. The van der Waals surface area contributed by atoms with Gasteiger partial charge in [-0.25, -0.2) is 26.6 Å². The van der Waals surface area contributed by atoms with Crippen LogP contribution >= 0.6 is 0 Å². The van der Waals surface area contributed by atoms with Crippen molar-refractivity contribution in [3.8, 4) is 11.3 Å². The number of benzene rings is 2. The summed E-state index contributed by atoms with van der Waals surface area (Å²) in [6.45, 7) is 8.69. The van der Waals surface area contributed by atoms with Gasteiger partial charge in [0.15, 0.2) is 0 Å². The molecule has 5 rings (SSSR count). The molecule has 0 spiro atoms. The molecule has 2 aromatic carbocycles. The van der Waals surface area contributed by atoms with Gasteiger partial charge >= 0.3 is 0 Å². The van der Waals surface area contributed by atoms with E-state index in [2.05, 4.69) is 10.3 Å². The number of nitrogens with one attached hydrogen (secondary N) is 2. The van der Waals surface area contributed by atoms with Crippen LogP contribution in [0.3, 0.4) is 0 Å². The lowest BCUT2D eigenvalue weighted by Crippen LogP contribution is -2.43. The number of anilines is 2. The molecule has 1 aliphatic rings. The van der Waals surface area contributed by atoms with E-state index in [4.69, 9.17) is 15.6 Å². The van der Waals surface area contributed by atoms with Gasteiger partial charge in [-0.1, -0.05) is 12.1 Å². The summed E-state index contributed by atoms with van der Waals surface area (Å²) in [7, 11) is -2.83. The first-order valence-corrected chi connectivity index (χ1v) is 16.4. The number of sulfonamides is 1. The van der Waals surface area contributed by atoms with Crippen molar-refractivity contribution in [2.75, 3.05) is 24.1 Å². The highest BCUT2D eigenvalue weighted by Crippen LogP contribution is 2.42.